The third-order valence-electron chi connectivity index (χ3n) is 6.68. The first-order chi connectivity index (χ1) is 17.0. The lowest BCUT2D eigenvalue weighted by Crippen LogP contribution is -2.46. The number of H-pyrrole nitrogens is 1. The van der Waals surface area contributed by atoms with Crippen LogP contribution in [0.4, 0.5) is 15.9 Å². The van der Waals surface area contributed by atoms with Gasteiger partial charge in [0, 0.05) is 68.8 Å². The summed E-state index contributed by atoms with van der Waals surface area (Å²) < 4.78 is 16.3. The van der Waals surface area contributed by atoms with Crippen LogP contribution in [0.25, 0.3) is 22.0 Å². The van der Waals surface area contributed by atoms with Crippen molar-refractivity contribution in [2.45, 2.75) is 13.3 Å². The molecule has 1 aromatic carbocycles. The van der Waals surface area contributed by atoms with E-state index < -0.39 is 11.4 Å². The smallest absolute Gasteiger partial charge is 0.259 e. The number of hydrogen-bond acceptors (Lipinski definition) is 6. The van der Waals surface area contributed by atoms with Crippen molar-refractivity contribution in [1.82, 2.24) is 29.5 Å². The molecule has 0 aliphatic carbocycles. The average Bonchev–Trinajstić information content (AvgIpc) is 3.32. The molecule has 0 radical (unpaired) electrons. The highest BCUT2D eigenvalue weighted by atomic mass is 19.1. The van der Waals surface area contributed by atoms with Gasteiger partial charge in [0.1, 0.15) is 11.6 Å². The van der Waals surface area contributed by atoms with Crippen LogP contribution in [-0.2, 0) is 13.5 Å². The quantitative estimate of drug-likeness (QED) is 0.427. The van der Waals surface area contributed by atoms with Gasteiger partial charge in [-0.05, 0) is 36.7 Å². The second kappa shape index (κ2) is 9.97. The van der Waals surface area contributed by atoms with E-state index in [1.54, 1.807) is 23.1 Å². The molecule has 182 valence electrons. The standard InChI is InChI=1S/C26H30FN7O/c1-3-33-10-12-34(13-11-33)9-8-18-4-6-20(7-5-18)30-25-24-21(22(27)16-28-26(24)35)14-23(31-25)19-15-29-32(2)17-19/h4-7,14-17H,3,8-13H2,1-2H3,(H,28,35)(H,30,31). The van der Waals surface area contributed by atoms with Crippen molar-refractivity contribution in [3.8, 4) is 11.3 Å². The zero-order chi connectivity index (χ0) is 24.4. The SMILES string of the molecule is CCN1CCN(CCc2ccc(Nc3nc(-c4cnn(C)c4)cc4c(F)c[nH]c(=O)c34)cc2)CC1. The Morgan fingerprint density at radius 2 is 1.86 bits per heavy atom. The molecule has 3 aromatic heterocycles. The van der Waals surface area contributed by atoms with E-state index in [1.165, 1.54) is 5.56 Å². The first-order valence-electron chi connectivity index (χ1n) is 12.0. The number of benzene rings is 1. The van der Waals surface area contributed by atoms with Crippen LogP contribution in [0, 0.1) is 5.82 Å². The second-order valence-electron chi connectivity index (χ2n) is 8.99. The number of hydrogen-bond donors (Lipinski definition) is 2. The number of nitrogens with one attached hydrogen (secondary N) is 2. The van der Waals surface area contributed by atoms with E-state index in [1.807, 2.05) is 19.2 Å². The molecule has 0 saturated carbocycles. The van der Waals surface area contributed by atoms with Crippen LogP contribution in [0.3, 0.4) is 0 Å². The molecule has 0 amide bonds. The second-order valence-corrected chi connectivity index (χ2v) is 8.99. The number of nitrogens with zero attached hydrogens (tertiary/aromatic N) is 5. The zero-order valence-electron chi connectivity index (χ0n) is 20.1. The summed E-state index contributed by atoms with van der Waals surface area (Å²) >= 11 is 0. The third-order valence-corrected chi connectivity index (χ3v) is 6.68. The number of pyridine rings is 2. The Morgan fingerprint density at radius 3 is 2.54 bits per heavy atom. The molecule has 0 unspecified atom stereocenters. The molecule has 1 saturated heterocycles. The van der Waals surface area contributed by atoms with Gasteiger partial charge in [-0.1, -0.05) is 19.1 Å². The minimum absolute atomic E-state index is 0.188. The van der Waals surface area contributed by atoms with Crippen molar-refractivity contribution in [2.24, 2.45) is 7.05 Å². The fourth-order valence-corrected chi connectivity index (χ4v) is 4.54. The van der Waals surface area contributed by atoms with Gasteiger partial charge in [-0.15, -0.1) is 0 Å². The molecule has 1 aliphatic rings. The third kappa shape index (κ3) is 5.11. The number of anilines is 2. The van der Waals surface area contributed by atoms with Crippen molar-refractivity contribution in [2.75, 3.05) is 44.6 Å². The predicted octanol–water partition coefficient (Wildman–Crippen LogP) is 3.39. The van der Waals surface area contributed by atoms with Gasteiger partial charge in [-0.3, -0.25) is 9.48 Å². The van der Waals surface area contributed by atoms with Gasteiger partial charge in [0.2, 0.25) is 0 Å². The Balaban J connectivity index is 1.36. The van der Waals surface area contributed by atoms with Gasteiger partial charge in [0.15, 0.2) is 0 Å². The highest BCUT2D eigenvalue weighted by molar-refractivity contribution is 5.95. The molecule has 8 nitrogen and oxygen atoms in total. The number of aromatic amines is 1. The molecular formula is C26H30FN7O. The molecule has 35 heavy (non-hydrogen) atoms. The van der Waals surface area contributed by atoms with Crippen LogP contribution in [0.15, 0.2) is 53.7 Å². The predicted molar refractivity (Wildman–Crippen MR) is 137 cm³/mol. The normalized spacial score (nSPS) is 15.1. The molecule has 9 heteroatoms. The number of rotatable bonds is 7. The molecule has 1 fully saturated rings. The maximum atomic E-state index is 14.7. The molecule has 2 N–H and O–H groups in total. The van der Waals surface area contributed by atoms with Crippen molar-refractivity contribution >= 4 is 22.3 Å². The van der Waals surface area contributed by atoms with Gasteiger partial charge in [0.25, 0.3) is 5.56 Å². The van der Waals surface area contributed by atoms with Gasteiger partial charge in [-0.2, -0.15) is 5.10 Å². The lowest BCUT2D eigenvalue weighted by Gasteiger charge is -2.34. The first-order valence-corrected chi connectivity index (χ1v) is 12.0. The molecule has 0 atom stereocenters. The van der Waals surface area contributed by atoms with E-state index in [0.717, 1.165) is 63.1 Å². The van der Waals surface area contributed by atoms with Crippen LogP contribution in [-0.4, -0.2) is 68.8 Å². The lowest BCUT2D eigenvalue weighted by molar-refractivity contribution is 0.138. The van der Waals surface area contributed by atoms with Crippen LogP contribution < -0.4 is 10.9 Å². The summed E-state index contributed by atoms with van der Waals surface area (Å²) in [6.07, 6.45) is 5.53. The lowest BCUT2D eigenvalue weighted by atomic mass is 10.1. The summed E-state index contributed by atoms with van der Waals surface area (Å²) in [4.78, 5) is 24.7. The molecule has 0 bridgehead atoms. The van der Waals surface area contributed by atoms with Gasteiger partial charge < -0.3 is 20.1 Å². The Bertz CT molecular complexity index is 1370. The minimum atomic E-state index is -0.509. The fraction of sp³-hybridized carbons (Fsp3) is 0.346. The first kappa shape index (κ1) is 23.2. The Labute approximate surface area is 203 Å². The van der Waals surface area contributed by atoms with Crippen molar-refractivity contribution in [3.63, 3.8) is 0 Å². The number of halogens is 1. The van der Waals surface area contributed by atoms with Gasteiger partial charge >= 0.3 is 0 Å². The van der Waals surface area contributed by atoms with E-state index in [0.29, 0.717) is 11.5 Å². The van der Waals surface area contributed by atoms with E-state index in [9.17, 15) is 9.18 Å². The van der Waals surface area contributed by atoms with Crippen LogP contribution >= 0.6 is 0 Å². The van der Waals surface area contributed by atoms with Crippen molar-refractivity contribution < 1.29 is 4.39 Å². The molecule has 1 aliphatic heterocycles. The summed E-state index contributed by atoms with van der Waals surface area (Å²) in [6, 6.07) is 9.71. The van der Waals surface area contributed by atoms with E-state index in [4.69, 9.17) is 0 Å². The van der Waals surface area contributed by atoms with Gasteiger partial charge in [-0.25, -0.2) is 9.37 Å². The fourth-order valence-electron chi connectivity index (χ4n) is 4.54. The molecular weight excluding hydrogens is 445 g/mol. The maximum Gasteiger partial charge on any atom is 0.259 e. The van der Waals surface area contributed by atoms with Crippen LogP contribution in [0.1, 0.15) is 12.5 Å². The molecule has 0 spiro atoms. The number of likely N-dealkylation sites (N-methyl/N-ethyl adjacent to an activating group) is 1. The largest absolute Gasteiger partial charge is 0.340 e. The van der Waals surface area contributed by atoms with Crippen molar-refractivity contribution in [3.05, 3.63) is 70.7 Å². The van der Waals surface area contributed by atoms with E-state index in [-0.39, 0.29) is 10.8 Å². The number of aryl methyl sites for hydroxylation is 1. The highest BCUT2D eigenvalue weighted by Crippen LogP contribution is 2.29. The summed E-state index contributed by atoms with van der Waals surface area (Å²) in [6.45, 7) is 8.88. The Hall–Kier alpha value is -3.56. The maximum absolute atomic E-state index is 14.7. The highest BCUT2D eigenvalue weighted by Gasteiger charge is 2.16. The summed E-state index contributed by atoms with van der Waals surface area (Å²) in [5.74, 6) is -0.200. The van der Waals surface area contributed by atoms with Crippen LogP contribution in [0.5, 0.6) is 0 Å². The van der Waals surface area contributed by atoms with E-state index in [2.05, 4.69) is 49.2 Å². The summed E-state index contributed by atoms with van der Waals surface area (Å²) in [7, 11) is 1.81. The minimum Gasteiger partial charge on any atom is -0.340 e. The van der Waals surface area contributed by atoms with Crippen LogP contribution in [0.2, 0.25) is 0 Å². The zero-order valence-corrected chi connectivity index (χ0v) is 20.1. The Kier molecular flexibility index (Phi) is 6.61. The molecule has 5 rings (SSSR count). The van der Waals surface area contributed by atoms with Gasteiger partial charge in [0.05, 0.1) is 17.3 Å². The molecule has 4 aromatic rings. The summed E-state index contributed by atoms with van der Waals surface area (Å²) in [5.41, 5.74) is 2.92. The molecule has 4 heterocycles. The van der Waals surface area contributed by atoms with Crippen molar-refractivity contribution in [1.29, 1.82) is 0 Å². The monoisotopic (exact) mass is 475 g/mol. The topological polar surface area (TPSA) is 82.1 Å². The van der Waals surface area contributed by atoms with E-state index >= 15 is 0 Å². The number of fused-ring (bicyclic) bond motifs is 1. The summed E-state index contributed by atoms with van der Waals surface area (Å²) in [5, 5.41) is 7.82. The number of aromatic nitrogens is 4. The number of piperazine rings is 1. The average molecular weight is 476 g/mol. The Morgan fingerprint density at radius 1 is 1.11 bits per heavy atom.